The van der Waals surface area contributed by atoms with E-state index in [0.717, 1.165) is 43.6 Å². The fourth-order valence-corrected chi connectivity index (χ4v) is 9.48. The molecule has 0 aromatic rings. The Morgan fingerprint density at radius 1 is 0.812 bits per heavy atom. The van der Waals surface area contributed by atoms with Gasteiger partial charge < -0.3 is 31.9 Å². The monoisotopic (exact) mass is 562 g/mol. The summed E-state index contributed by atoms with van der Waals surface area (Å²) in [6.07, 6.45) is 13.1. The molecule has 0 heterocycles. The van der Waals surface area contributed by atoms with E-state index in [0.29, 0.717) is 18.3 Å². The maximum Gasteiger partial charge on any atom is 2.00 e. The summed E-state index contributed by atoms with van der Waals surface area (Å²) in [6.45, 7) is 12.8. The second-order valence-electron chi connectivity index (χ2n) is 8.69. The van der Waals surface area contributed by atoms with Crippen molar-refractivity contribution in [2.45, 2.75) is 119 Å². The molecule has 0 saturated carbocycles. The first-order valence-corrected chi connectivity index (χ1v) is 17.4. The molecule has 3 unspecified atom stereocenters. The molecule has 3 atom stereocenters. The Bertz CT molecular complexity index is 472. The predicted octanol–water partition coefficient (Wildman–Crippen LogP) is 6.20. The maximum atomic E-state index is 10.3. The second-order valence-corrected chi connectivity index (χ2v) is 16.6. The Balaban J connectivity index is -0.000000646. The summed E-state index contributed by atoms with van der Waals surface area (Å²) in [5.74, 6) is 1.97. The summed E-state index contributed by atoms with van der Waals surface area (Å²) in [4.78, 5) is 30.5. The zero-order chi connectivity index (χ0) is 24.3. The summed E-state index contributed by atoms with van der Waals surface area (Å²) in [5, 5.41) is 10.3. The molecule has 2 N–H and O–H groups in total. The number of hydrogen-bond donors (Lipinski definition) is 2. The fourth-order valence-electron chi connectivity index (χ4n) is 3.54. The molecule has 0 aromatic heterocycles. The van der Waals surface area contributed by atoms with Gasteiger partial charge in [0.25, 0.3) is 0 Å². The van der Waals surface area contributed by atoms with Gasteiger partial charge in [-0.2, -0.15) is 10.1 Å². The van der Waals surface area contributed by atoms with Crippen LogP contribution in [-0.2, 0) is 46.6 Å². The van der Waals surface area contributed by atoms with Crippen LogP contribution in [0.25, 0.3) is 0 Å². The smallest absolute Gasteiger partial charge is 0.697 e. The van der Waals surface area contributed by atoms with Gasteiger partial charge in [0.05, 0.1) is 0 Å². The molecule has 0 aliphatic heterocycles. The van der Waals surface area contributed by atoms with Crippen LogP contribution in [0.4, 0.5) is 0 Å². The molecular formula is C24H51O4PS2Zn. The molecule has 0 spiro atoms. The molecule has 0 amide bonds. The first kappa shape index (κ1) is 37.7. The van der Waals surface area contributed by atoms with E-state index in [-0.39, 0.29) is 35.5 Å². The van der Waals surface area contributed by atoms with Gasteiger partial charge in [-0.3, -0.25) is 0 Å². The molecular weight excluding hydrogens is 513 g/mol. The number of unbranched alkanes of at least 4 members (excludes halogenated alkanes) is 3. The Hall–Kier alpha value is 1.14. The molecule has 4 nitrogen and oxygen atoms in total. The molecule has 8 heteroatoms. The van der Waals surface area contributed by atoms with Crippen molar-refractivity contribution in [3.8, 4) is 0 Å². The minimum absolute atomic E-state index is 0. The third kappa shape index (κ3) is 20.5. The first-order valence-electron chi connectivity index (χ1n) is 12.5. The van der Waals surface area contributed by atoms with E-state index in [1.807, 2.05) is 6.92 Å². The number of rotatable bonds is 17. The molecule has 0 aliphatic carbocycles. The van der Waals surface area contributed by atoms with Gasteiger partial charge in [0.1, 0.15) is 0 Å². The second kappa shape index (κ2) is 23.9. The molecule has 0 saturated heterocycles. The van der Waals surface area contributed by atoms with Gasteiger partial charge in [-0.15, -0.1) is 0 Å². The Morgan fingerprint density at radius 2 is 1.19 bits per heavy atom. The Kier molecular flexibility index (Phi) is 28.1. The number of carboxylic acids is 1. The zero-order valence-electron chi connectivity index (χ0n) is 21.8. The van der Waals surface area contributed by atoms with E-state index >= 15 is 0 Å². The predicted molar refractivity (Wildman–Crippen MR) is 141 cm³/mol. The van der Waals surface area contributed by atoms with Crippen LogP contribution in [0.2, 0.25) is 0 Å². The van der Waals surface area contributed by atoms with E-state index in [9.17, 15) is 19.7 Å². The van der Waals surface area contributed by atoms with E-state index in [2.05, 4.69) is 34.6 Å². The van der Waals surface area contributed by atoms with Crippen molar-refractivity contribution >= 4 is 34.0 Å². The first-order chi connectivity index (χ1) is 14.6. The van der Waals surface area contributed by atoms with Gasteiger partial charge in [-0.05, 0) is 54.9 Å². The van der Waals surface area contributed by atoms with Gasteiger partial charge in [0, 0.05) is 11.7 Å². The van der Waals surface area contributed by atoms with Crippen LogP contribution in [0, 0.1) is 17.8 Å². The molecule has 32 heavy (non-hydrogen) atoms. The van der Waals surface area contributed by atoms with Crippen molar-refractivity contribution in [3.63, 3.8) is 0 Å². The van der Waals surface area contributed by atoms with Crippen molar-refractivity contribution in [2.75, 3.05) is 11.5 Å². The van der Waals surface area contributed by atoms with Crippen molar-refractivity contribution < 1.29 is 39.2 Å². The van der Waals surface area contributed by atoms with Gasteiger partial charge >= 0.3 is 19.5 Å². The van der Waals surface area contributed by atoms with Gasteiger partial charge in [0.2, 0.25) is 0 Å². The quantitative estimate of drug-likeness (QED) is 0.125. The van der Waals surface area contributed by atoms with Gasteiger partial charge in [0.15, 0.2) is 0 Å². The number of carbonyl (C=O) groups is 1. The average Bonchev–Trinajstić information content (AvgIpc) is 2.72. The maximum absolute atomic E-state index is 10.3. The summed E-state index contributed by atoms with van der Waals surface area (Å²) in [6, 6.07) is 0. The molecule has 0 aliphatic rings. The van der Waals surface area contributed by atoms with Crippen molar-refractivity contribution in [1.82, 2.24) is 0 Å². The summed E-state index contributed by atoms with van der Waals surface area (Å²) < 4.78 is 0. The minimum Gasteiger partial charge on any atom is -0.697 e. The SMILES string of the molecule is CCCCC(CC)C(=O)[O-].CCCCC(CC)CS(CC(CC)CCCC)=P(O)(O)[S-].[Zn+2]. The van der Waals surface area contributed by atoms with Gasteiger partial charge in [-0.25, -0.2) is 0 Å². The number of carboxylic acid groups (broad SMARTS) is 1. The number of hydrogen-bond acceptors (Lipinski definition) is 3. The molecule has 0 bridgehead atoms. The largest absolute Gasteiger partial charge is 2.00 e. The third-order valence-electron chi connectivity index (χ3n) is 6.01. The molecule has 190 valence electrons. The van der Waals surface area contributed by atoms with E-state index in [1.165, 1.54) is 38.5 Å². The zero-order valence-corrected chi connectivity index (χ0v) is 27.3. The summed E-state index contributed by atoms with van der Waals surface area (Å²) >= 11 is 5.10. The minimum atomic E-state index is -3.11. The molecule has 0 radical (unpaired) electrons. The van der Waals surface area contributed by atoms with E-state index in [4.69, 9.17) is 12.2 Å². The van der Waals surface area contributed by atoms with Crippen LogP contribution >= 0.6 is 5.69 Å². The topological polar surface area (TPSA) is 80.6 Å². The van der Waals surface area contributed by atoms with Crippen LogP contribution in [0.15, 0.2) is 0 Å². The number of aliphatic carboxylic acids is 1. The molecule has 0 rings (SSSR count). The standard InChI is InChI=1S/C16H36O2PS2.C8H16O2.Zn/c1-5-9-11-15(7-3)13-21(19(17,18)20)14-16(8-4)12-10-6-2;1-3-5-6-7(4-2)8(9)10;/h15-16H,5-14H2,1-4H3,(H2-,17,18,20);7H,3-6H2,1-2H3,(H,9,10);/q-1;;+2/p-1. The third-order valence-corrected chi connectivity index (χ3v) is 13.2. The van der Waals surface area contributed by atoms with Crippen molar-refractivity contribution in [3.05, 3.63) is 0 Å². The van der Waals surface area contributed by atoms with Crippen LogP contribution < -0.4 is 5.11 Å². The average molecular weight is 564 g/mol. The Morgan fingerprint density at radius 3 is 1.44 bits per heavy atom. The van der Waals surface area contributed by atoms with E-state index < -0.39 is 11.7 Å². The summed E-state index contributed by atoms with van der Waals surface area (Å²) in [7, 11) is -0.372. The summed E-state index contributed by atoms with van der Waals surface area (Å²) in [5.41, 5.74) is -3.11. The van der Waals surface area contributed by atoms with Crippen molar-refractivity contribution in [2.24, 2.45) is 17.8 Å². The van der Waals surface area contributed by atoms with Crippen LogP contribution in [0.3, 0.4) is 0 Å². The van der Waals surface area contributed by atoms with Crippen LogP contribution in [0.1, 0.15) is 119 Å². The fraction of sp³-hybridized carbons (Fsp3) is 0.958. The van der Waals surface area contributed by atoms with Crippen molar-refractivity contribution in [1.29, 1.82) is 0 Å². The normalized spacial score (nSPS) is 15.0. The van der Waals surface area contributed by atoms with Crippen LogP contribution in [-0.4, -0.2) is 27.3 Å². The van der Waals surface area contributed by atoms with Gasteiger partial charge in [-0.1, -0.05) is 92.9 Å². The molecule has 0 aromatic carbocycles. The Labute approximate surface area is 220 Å². The number of carbonyl (C=O) groups excluding carboxylic acids is 1. The molecule has 0 fully saturated rings. The van der Waals surface area contributed by atoms with E-state index in [1.54, 1.807) is 0 Å². The van der Waals surface area contributed by atoms with Crippen LogP contribution in [0.5, 0.6) is 0 Å².